The lowest BCUT2D eigenvalue weighted by molar-refractivity contribution is -0.146. The molecule has 20 heavy (non-hydrogen) atoms. The van der Waals surface area contributed by atoms with Crippen LogP contribution in [0, 0.1) is 5.41 Å². The van der Waals surface area contributed by atoms with Crippen molar-refractivity contribution in [2.75, 3.05) is 18.8 Å². The molecule has 0 bridgehead atoms. The van der Waals surface area contributed by atoms with Crippen molar-refractivity contribution in [2.24, 2.45) is 5.41 Å². The van der Waals surface area contributed by atoms with Crippen molar-refractivity contribution in [3.05, 3.63) is 0 Å². The summed E-state index contributed by atoms with van der Waals surface area (Å²) in [6.07, 6.45) is 3.77. The Bertz CT molecular complexity index is 391. The molecule has 1 aliphatic heterocycles. The van der Waals surface area contributed by atoms with E-state index in [9.17, 15) is 14.7 Å². The van der Waals surface area contributed by atoms with Crippen LogP contribution >= 0.6 is 11.8 Å². The van der Waals surface area contributed by atoms with E-state index in [0.29, 0.717) is 24.8 Å². The van der Waals surface area contributed by atoms with Crippen LogP contribution < -0.4 is 5.32 Å². The summed E-state index contributed by atoms with van der Waals surface area (Å²) in [5.74, 6) is 0.308. The average Bonchev–Trinajstić information content (AvgIpc) is 2.98. The van der Waals surface area contributed by atoms with Crippen LogP contribution in [-0.2, 0) is 4.79 Å². The van der Waals surface area contributed by atoms with Crippen molar-refractivity contribution < 1.29 is 14.7 Å². The first-order chi connectivity index (χ1) is 9.44. The lowest BCUT2D eigenvalue weighted by Gasteiger charge is -2.22. The number of urea groups is 1. The number of carboxylic acid groups (broad SMARTS) is 1. The Morgan fingerprint density at radius 1 is 1.45 bits per heavy atom. The van der Waals surface area contributed by atoms with Gasteiger partial charge >= 0.3 is 12.0 Å². The fourth-order valence-corrected chi connectivity index (χ4v) is 4.18. The Balaban J connectivity index is 1.81. The van der Waals surface area contributed by atoms with E-state index in [4.69, 9.17) is 0 Å². The summed E-state index contributed by atoms with van der Waals surface area (Å²) in [7, 11) is 0. The number of rotatable bonds is 4. The molecule has 1 aliphatic carbocycles. The molecular formula is C14H24N2O3S. The molecule has 1 saturated heterocycles. The Morgan fingerprint density at radius 3 is 2.80 bits per heavy atom. The molecule has 3 atom stereocenters. The minimum absolute atomic E-state index is 0.0953. The van der Waals surface area contributed by atoms with Crippen molar-refractivity contribution in [2.45, 2.75) is 50.8 Å². The first-order valence-corrected chi connectivity index (χ1v) is 8.40. The number of carbonyl (C=O) groups is 2. The number of thioether (sulfide) groups is 1. The minimum atomic E-state index is -0.812. The van der Waals surface area contributed by atoms with Gasteiger partial charge in [-0.25, -0.2) is 4.79 Å². The highest BCUT2D eigenvalue weighted by molar-refractivity contribution is 7.99. The number of hydrogen-bond acceptors (Lipinski definition) is 3. The fourth-order valence-electron chi connectivity index (χ4n) is 3.03. The molecular weight excluding hydrogens is 276 g/mol. The molecule has 1 heterocycles. The lowest BCUT2D eigenvalue weighted by atomic mass is 9.90. The molecule has 2 rings (SSSR count). The molecule has 0 radical (unpaired) electrons. The van der Waals surface area contributed by atoms with Gasteiger partial charge in [0.05, 0.1) is 5.41 Å². The molecule has 2 fully saturated rings. The van der Waals surface area contributed by atoms with Gasteiger partial charge in [-0.2, -0.15) is 11.8 Å². The van der Waals surface area contributed by atoms with Gasteiger partial charge in [0.1, 0.15) is 0 Å². The maximum atomic E-state index is 12.2. The van der Waals surface area contributed by atoms with E-state index in [2.05, 4.69) is 12.2 Å². The molecule has 3 unspecified atom stereocenters. The van der Waals surface area contributed by atoms with Crippen LogP contribution in [0.5, 0.6) is 0 Å². The normalized spacial score (nSPS) is 33.4. The average molecular weight is 300 g/mol. The standard InChI is InChI=1S/C14H24N2O3S/c1-3-20-11-5-4-10(8-11)15-13(19)16-7-6-14(2,9-16)12(17)18/h10-11H,3-9H2,1-2H3,(H,15,19)(H,17,18). The minimum Gasteiger partial charge on any atom is -0.481 e. The molecule has 5 nitrogen and oxygen atoms in total. The maximum absolute atomic E-state index is 12.2. The molecule has 0 aromatic rings. The number of carbonyl (C=O) groups excluding carboxylic acids is 1. The van der Waals surface area contributed by atoms with Gasteiger partial charge in [0.2, 0.25) is 0 Å². The van der Waals surface area contributed by atoms with E-state index in [-0.39, 0.29) is 12.1 Å². The monoisotopic (exact) mass is 300 g/mol. The van der Waals surface area contributed by atoms with E-state index >= 15 is 0 Å². The van der Waals surface area contributed by atoms with Gasteiger partial charge in [0.25, 0.3) is 0 Å². The van der Waals surface area contributed by atoms with Gasteiger partial charge in [-0.1, -0.05) is 6.92 Å². The van der Waals surface area contributed by atoms with E-state index in [1.165, 1.54) is 0 Å². The highest BCUT2D eigenvalue weighted by Crippen LogP contribution is 2.32. The summed E-state index contributed by atoms with van der Waals surface area (Å²) < 4.78 is 0. The summed E-state index contributed by atoms with van der Waals surface area (Å²) >= 11 is 1.96. The fraction of sp³-hybridized carbons (Fsp3) is 0.857. The van der Waals surface area contributed by atoms with Crippen molar-refractivity contribution >= 4 is 23.8 Å². The summed E-state index contributed by atoms with van der Waals surface area (Å²) in [5, 5.41) is 12.9. The SMILES string of the molecule is CCSC1CCC(NC(=O)N2CCC(C)(C(=O)O)C2)C1. The number of amides is 2. The molecule has 2 amide bonds. The molecule has 2 aliphatic rings. The number of aliphatic carboxylic acids is 1. The molecule has 0 spiro atoms. The van der Waals surface area contributed by atoms with E-state index in [1.807, 2.05) is 11.8 Å². The summed E-state index contributed by atoms with van der Waals surface area (Å²) in [6, 6.07) is 0.158. The second kappa shape index (κ2) is 6.24. The van der Waals surface area contributed by atoms with E-state index in [1.54, 1.807) is 11.8 Å². The Labute approximate surface area is 124 Å². The number of carboxylic acids is 1. The highest BCUT2D eigenvalue weighted by Gasteiger charge is 2.42. The van der Waals surface area contributed by atoms with Crippen LogP contribution in [-0.4, -0.2) is 52.1 Å². The van der Waals surface area contributed by atoms with Crippen LogP contribution in [0.1, 0.15) is 39.5 Å². The van der Waals surface area contributed by atoms with Gasteiger partial charge in [-0.15, -0.1) is 0 Å². The smallest absolute Gasteiger partial charge is 0.317 e. The Hall–Kier alpha value is -0.910. The first-order valence-electron chi connectivity index (χ1n) is 7.35. The zero-order valence-electron chi connectivity index (χ0n) is 12.2. The van der Waals surface area contributed by atoms with Gasteiger partial charge in [-0.05, 0) is 38.4 Å². The van der Waals surface area contributed by atoms with Crippen molar-refractivity contribution in [3.63, 3.8) is 0 Å². The molecule has 1 saturated carbocycles. The predicted molar refractivity (Wildman–Crippen MR) is 80.0 cm³/mol. The second-order valence-corrected chi connectivity index (χ2v) is 7.65. The molecule has 114 valence electrons. The third-order valence-electron chi connectivity index (χ3n) is 4.39. The lowest BCUT2D eigenvalue weighted by Crippen LogP contribution is -2.44. The topological polar surface area (TPSA) is 69.6 Å². The first kappa shape index (κ1) is 15.5. The summed E-state index contributed by atoms with van der Waals surface area (Å²) in [4.78, 5) is 25.0. The molecule has 0 aromatic heterocycles. The van der Waals surface area contributed by atoms with Crippen LogP contribution in [0.2, 0.25) is 0 Å². The second-order valence-electron chi connectivity index (χ2n) is 6.07. The van der Waals surface area contributed by atoms with Crippen LogP contribution in [0.15, 0.2) is 0 Å². The van der Waals surface area contributed by atoms with Crippen LogP contribution in [0.25, 0.3) is 0 Å². The zero-order valence-corrected chi connectivity index (χ0v) is 13.0. The zero-order chi connectivity index (χ0) is 14.8. The van der Waals surface area contributed by atoms with Gasteiger partial charge in [0.15, 0.2) is 0 Å². The van der Waals surface area contributed by atoms with Crippen molar-refractivity contribution in [1.29, 1.82) is 0 Å². The van der Waals surface area contributed by atoms with E-state index < -0.39 is 11.4 Å². The van der Waals surface area contributed by atoms with Crippen molar-refractivity contribution in [3.8, 4) is 0 Å². The van der Waals surface area contributed by atoms with Gasteiger partial charge < -0.3 is 15.3 Å². The van der Waals surface area contributed by atoms with Crippen LogP contribution in [0.4, 0.5) is 4.79 Å². The quantitative estimate of drug-likeness (QED) is 0.835. The molecule has 6 heteroatoms. The van der Waals surface area contributed by atoms with E-state index in [0.717, 1.165) is 25.0 Å². The number of nitrogens with one attached hydrogen (secondary N) is 1. The third kappa shape index (κ3) is 3.40. The highest BCUT2D eigenvalue weighted by atomic mass is 32.2. The Morgan fingerprint density at radius 2 is 2.20 bits per heavy atom. The van der Waals surface area contributed by atoms with Gasteiger partial charge in [0, 0.05) is 24.4 Å². The number of hydrogen-bond donors (Lipinski definition) is 2. The van der Waals surface area contributed by atoms with Crippen molar-refractivity contribution in [1.82, 2.24) is 10.2 Å². The maximum Gasteiger partial charge on any atom is 0.317 e. The largest absolute Gasteiger partial charge is 0.481 e. The number of nitrogens with zero attached hydrogens (tertiary/aromatic N) is 1. The predicted octanol–water partition coefficient (Wildman–Crippen LogP) is 2.17. The Kier molecular flexibility index (Phi) is 4.83. The summed E-state index contributed by atoms with van der Waals surface area (Å²) in [5.41, 5.74) is -0.784. The number of likely N-dealkylation sites (tertiary alicyclic amines) is 1. The van der Waals surface area contributed by atoms with Crippen LogP contribution in [0.3, 0.4) is 0 Å². The summed E-state index contributed by atoms with van der Waals surface area (Å²) in [6.45, 7) is 4.72. The van der Waals surface area contributed by atoms with Gasteiger partial charge in [-0.3, -0.25) is 4.79 Å². The molecule has 2 N–H and O–H groups in total. The molecule has 0 aromatic carbocycles. The third-order valence-corrected chi connectivity index (χ3v) is 5.62.